The highest BCUT2D eigenvalue weighted by Gasteiger charge is 2.03. The van der Waals surface area contributed by atoms with Gasteiger partial charge in [-0.15, -0.1) is 0 Å². The van der Waals surface area contributed by atoms with Crippen LogP contribution >= 0.6 is 0 Å². The van der Waals surface area contributed by atoms with Gasteiger partial charge in [-0.05, 0) is 29.8 Å². The summed E-state index contributed by atoms with van der Waals surface area (Å²) in [6.07, 6.45) is 3.34. The summed E-state index contributed by atoms with van der Waals surface area (Å²) in [5.74, 6) is 0. The van der Waals surface area contributed by atoms with E-state index in [1.807, 2.05) is 49.4 Å². The number of carbonyl (C=O) groups is 1. The molecule has 0 aliphatic rings. The SMILES string of the molecule is Cc1cnc(CNC(=O)Nc2ccc3ccccc3c2)cn1. The van der Waals surface area contributed by atoms with Gasteiger partial charge in [0.15, 0.2) is 0 Å². The summed E-state index contributed by atoms with van der Waals surface area (Å²) in [4.78, 5) is 20.3. The Bertz CT molecular complexity index is 799. The molecule has 1 heterocycles. The minimum absolute atomic E-state index is 0.266. The first kappa shape index (κ1) is 14.0. The molecular formula is C17H16N4O. The number of urea groups is 1. The van der Waals surface area contributed by atoms with Crippen LogP contribution in [0.25, 0.3) is 10.8 Å². The van der Waals surface area contributed by atoms with E-state index in [1.54, 1.807) is 12.4 Å². The van der Waals surface area contributed by atoms with Gasteiger partial charge in [-0.1, -0.05) is 30.3 Å². The molecule has 0 aliphatic heterocycles. The van der Waals surface area contributed by atoms with Crippen LogP contribution in [0.3, 0.4) is 0 Å². The van der Waals surface area contributed by atoms with E-state index < -0.39 is 0 Å². The quantitative estimate of drug-likeness (QED) is 0.778. The van der Waals surface area contributed by atoms with Crippen molar-refractivity contribution in [3.63, 3.8) is 0 Å². The Hall–Kier alpha value is -2.95. The highest BCUT2D eigenvalue weighted by molar-refractivity contribution is 5.93. The third-order valence-electron chi connectivity index (χ3n) is 3.27. The van der Waals surface area contributed by atoms with Crippen molar-refractivity contribution < 1.29 is 4.79 Å². The Morgan fingerprint density at radius 1 is 1.05 bits per heavy atom. The average molecular weight is 292 g/mol. The first-order valence-electron chi connectivity index (χ1n) is 7.02. The highest BCUT2D eigenvalue weighted by atomic mass is 16.2. The lowest BCUT2D eigenvalue weighted by Gasteiger charge is -2.08. The maximum Gasteiger partial charge on any atom is 0.319 e. The summed E-state index contributed by atoms with van der Waals surface area (Å²) >= 11 is 0. The fraction of sp³-hybridized carbons (Fsp3) is 0.118. The second kappa shape index (κ2) is 6.22. The molecule has 5 nitrogen and oxygen atoms in total. The van der Waals surface area contributed by atoms with Crippen molar-refractivity contribution in [2.75, 3.05) is 5.32 Å². The van der Waals surface area contributed by atoms with Crippen LogP contribution in [0.1, 0.15) is 11.4 Å². The lowest BCUT2D eigenvalue weighted by atomic mass is 10.1. The Labute approximate surface area is 128 Å². The smallest absolute Gasteiger partial charge is 0.319 e. The molecule has 0 aliphatic carbocycles. The number of fused-ring (bicyclic) bond motifs is 1. The van der Waals surface area contributed by atoms with Crippen molar-refractivity contribution in [1.82, 2.24) is 15.3 Å². The van der Waals surface area contributed by atoms with Crippen molar-refractivity contribution in [3.8, 4) is 0 Å². The monoisotopic (exact) mass is 292 g/mol. The molecule has 0 bridgehead atoms. The number of aromatic nitrogens is 2. The zero-order valence-corrected chi connectivity index (χ0v) is 12.2. The van der Waals surface area contributed by atoms with E-state index in [2.05, 4.69) is 20.6 Å². The van der Waals surface area contributed by atoms with Gasteiger partial charge in [0.25, 0.3) is 0 Å². The molecule has 5 heteroatoms. The van der Waals surface area contributed by atoms with Crippen LogP contribution in [-0.4, -0.2) is 16.0 Å². The minimum atomic E-state index is -0.266. The van der Waals surface area contributed by atoms with Gasteiger partial charge in [-0.3, -0.25) is 9.97 Å². The summed E-state index contributed by atoms with van der Waals surface area (Å²) in [6.45, 7) is 2.21. The second-order valence-corrected chi connectivity index (χ2v) is 5.02. The summed E-state index contributed by atoms with van der Waals surface area (Å²) in [7, 11) is 0. The van der Waals surface area contributed by atoms with Gasteiger partial charge in [-0.2, -0.15) is 0 Å². The number of nitrogens with one attached hydrogen (secondary N) is 2. The maximum absolute atomic E-state index is 11.9. The van der Waals surface area contributed by atoms with Crippen molar-refractivity contribution in [2.45, 2.75) is 13.5 Å². The van der Waals surface area contributed by atoms with Gasteiger partial charge in [-0.25, -0.2) is 4.79 Å². The predicted octanol–water partition coefficient (Wildman–Crippen LogP) is 3.26. The summed E-state index contributed by atoms with van der Waals surface area (Å²) < 4.78 is 0. The molecule has 0 radical (unpaired) electrons. The molecule has 110 valence electrons. The summed E-state index contributed by atoms with van der Waals surface area (Å²) in [5, 5.41) is 7.81. The fourth-order valence-electron chi connectivity index (χ4n) is 2.12. The van der Waals surface area contributed by atoms with Crippen LogP contribution in [0.5, 0.6) is 0 Å². The molecule has 0 atom stereocenters. The molecule has 0 spiro atoms. The molecule has 0 unspecified atom stereocenters. The Kier molecular flexibility index (Phi) is 3.96. The Morgan fingerprint density at radius 2 is 1.86 bits per heavy atom. The first-order chi connectivity index (χ1) is 10.7. The van der Waals surface area contributed by atoms with E-state index in [9.17, 15) is 4.79 Å². The fourth-order valence-corrected chi connectivity index (χ4v) is 2.12. The minimum Gasteiger partial charge on any atom is -0.332 e. The zero-order valence-electron chi connectivity index (χ0n) is 12.2. The second-order valence-electron chi connectivity index (χ2n) is 5.02. The van der Waals surface area contributed by atoms with Crippen molar-refractivity contribution in [3.05, 3.63) is 66.2 Å². The normalized spacial score (nSPS) is 10.4. The molecule has 22 heavy (non-hydrogen) atoms. The van der Waals surface area contributed by atoms with Crippen LogP contribution in [-0.2, 0) is 6.54 Å². The molecule has 0 saturated carbocycles. The number of hydrogen-bond donors (Lipinski definition) is 2. The largest absolute Gasteiger partial charge is 0.332 e. The number of anilines is 1. The molecular weight excluding hydrogens is 276 g/mol. The maximum atomic E-state index is 11.9. The van der Waals surface area contributed by atoms with Crippen LogP contribution in [0.2, 0.25) is 0 Å². The number of amides is 2. The number of hydrogen-bond acceptors (Lipinski definition) is 3. The third kappa shape index (κ3) is 3.38. The molecule has 3 aromatic rings. The number of nitrogens with zero attached hydrogens (tertiary/aromatic N) is 2. The van der Waals surface area contributed by atoms with Crippen molar-refractivity contribution >= 4 is 22.5 Å². The van der Waals surface area contributed by atoms with Crippen LogP contribution in [0.15, 0.2) is 54.9 Å². The van der Waals surface area contributed by atoms with E-state index in [1.165, 1.54) is 0 Å². The van der Waals surface area contributed by atoms with Crippen molar-refractivity contribution in [1.29, 1.82) is 0 Å². The van der Waals surface area contributed by atoms with Crippen LogP contribution in [0, 0.1) is 6.92 Å². The van der Waals surface area contributed by atoms with Crippen LogP contribution in [0.4, 0.5) is 10.5 Å². The molecule has 2 amide bonds. The van der Waals surface area contributed by atoms with Gasteiger partial charge >= 0.3 is 6.03 Å². The Balaban J connectivity index is 1.61. The molecule has 0 fully saturated rings. The predicted molar refractivity (Wildman–Crippen MR) is 86.6 cm³/mol. The van der Waals surface area contributed by atoms with Crippen LogP contribution < -0.4 is 10.6 Å². The Morgan fingerprint density at radius 3 is 2.64 bits per heavy atom. The molecule has 0 saturated heterocycles. The summed E-state index contributed by atoms with van der Waals surface area (Å²) in [5.41, 5.74) is 2.33. The van der Waals surface area contributed by atoms with E-state index in [0.29, 0.717) is 6.54 Å². The number of benzene rings is 2. The molecule has 2 N–H and O–H groups in total. The van der Waals surface area contributed by atoms with Gasteiger partial charge in [0, 0.05) is 11.9 Å². The first-order valence-corrected chi connectivity index (χ1v) is 7.02. The lowest BCUT2D eigenvalue weighted by molar-refractivity contribution is 0.251. The molecule has 3 rings (SSSR count). The van der Waals surface area contributed by atoms with Crippen molar-refractivity contribution in [2.24, 2.45) is 0 Å². The molecule has 1 aromatic heterocycles. The number of aryl methyl sites for hydroxylation is 1. The summed E-state index contributed by atoms with van der Waals surface area (Å²) in [6, 6.07) is 13.6. The van der Waals surface area contributed by atoms with E-state index in [0.717, 1.165) is 27.8 Å². The van der Waals surface area contributed by atoms with Gasteiger partial charge in [0.1, 0.15) is 0 Å². The van der Waals surface area contributed by atoms with E-state index in [4.69, 9.17) is 0 Å². The zero-order chi connectivity index (χ0) is 15.4. The standard InChI is InChI=1S/C17H16N4O/c1-12-9-19-16(10-18-12)11-20-17(22)21-15-7-6-13-4-2-3-5-14(13)8-15/h2-10H,11H2,1H3,(H2,20,21,22). The highest BCUT2D eigenvalue weighted by Crippen LogP contribution is 2.18. The third-order valence-corrected chi connectivity index (χ3v) is 3.27. The number of rotatable bonds is 3. The van der Waals surface area contributed by atoms with E-state index in [-0.39, 0.29) is 6.03 Å². The number of carbonyl (C=O) groups excluding carboxylic acids is 1. The lowest BCUT2D eigenvalue weighted by Crippen LogP contribution is -2.28. The van der Waals surface area contributed by atoms with Gasteiger partial charge in [0.2, 0.25) is 0 Å². The van der Waals surface area contributed by atoms with Gasteiger partial charge < -0.3 is 10.6 Å². The topological polar surface area (TPSA) is 66.9 Å². The van der Waals surface area contributed by atoms with E-state index >= 15 is 0 Å². The molecule has 2 aromatic carbocycles. The average Bonchev–Trinajstić information content (AvgIpc) is 2.54. The van der Waals surface area contributed by atoms with Gasteiger partial charge in [0.05, 0.1) is 24.1 Å².